The van der Waals surface area contributed by atoms with Crippen LogP contribution in [0.5, 0.6) is 0 Å². The molecule has 0 atom stereocenters. The molecule has 2 heterocycles. The number of hydrogen-bond donors (Lipinski definition) is 2. The Balaban J connectivity index is 2.02. The largest absolute Gasteiger partial charge is 0.372 e. The Morgan fingerprint density at radius 3 is 2.75 bits per heavy atom. The Morgan fingerprint density at radius 2 is 2.06 bits per heavy atom. The van der Waals surface area contributed by atoms with Crippen LogP contribution in [0.15, 0.2) is 23.2 Å². The first-order chi connectivity index (χ1) is 7.79. The van der Waals surface area contributed by atoms with Gasteiger partial charge in [-0.3, -0.25) is 4.98 Å². The molecule has 0 amide bonds. The summed E-state index contributed by atoms with van der Waals surface area (Å²) in [4.78, 5) is 8.43. The van der Waals surface area contributed by atoms with E-state index in [4.69, 9.17) is 0 Å². The molecule has 0 saturated carbocycles. The van der Waals surface area contributed by atoms with Crippen molar-refractivity contribution in [2.45, 2.75) is 13.5 Å². The molecule has 4 nitrogen and oxygen atoms in total. The zero-order valence-corrected chi connectivity index (χ0v) is 10.1. The molecule has 2 aromatic rings. The highest BCUT2D eigenvalue weighted by Crippen LogP contribution is 2.15. The fraction of sp³-hybridized carbons (Fsp3) is 0.273. The number of thiophene rings is 1. The molecule has 2 N–H and O–H groups in total. The van der Waals surface area contributed by atoms with Crippen molar-refractivity contribution in [3.05, 3.63) is 34.3 Å². The van der Waals surface area contributed by atoms with Crippen LogP contribution in [-0.2, 0) is 6.54 Å². The van der Waals surface area contributed by atoms with Crippen molar-refractivity contribution in [2.75, 3.05) is 17.7 Å². The lowest BCUT2D eigenvalue weighted by molar-refractivity contribution is 1.08. The zero-order chi connectivity index (χ0) is 11.4. The summed E-state index contributed by atoms with van der Waals surface area (Å²) < 4.78 is 0. The van der Waals surface area contributed by atoms with Crippen LogP contribution in [0.4, 0.5) is 11.6 Å². The lowest BCUT2D eigenvalue weighted by Crippen LogP contribution is -2.03. The van der Waals surface area contributed by atoms with E-state index < -0.39 is 0 Å². The van der Waals surface area contributed by atoms with Gasteiger partial charge in [-0.1, -0.05) is 0 Å². The Bertz CT molecular complexity index is 467. The van der Waals surface area contributed by atoms with Gasteiger partial charge in [0.1, 0.15) is 11.6 Å². The van der Waals surface area contributed by atoms with Gasteiger partial charge < -0.3 is 10.6 Å². The number of nitrogens with zero attached hydrogens (tertiary/aromatic N) is 2. The fourth-order valence-electron chi connectivity index (χ4n) is 1.33. The Labute approximate surface area is 98.8 Å². The highest BCUT2D eigenvalue weighted by atomic mass is 32.1. The molecule has 2 rings (SSSR count). The molecule has 16 heavy (non-hydrogen) atoms. The minimum absolute atomic E-state index is 0.770. The van der Waals surface area contributed by atoms with E-state index in [1.54, 1.807) is 23.7 Å². The van der Waals surface area contributed by atoms with Gasteiger partial charge in [0.05, 0.1) is 12.4 Å². The molecule has 0 aliphatic rings. The Morgan fingerprint density at radius 1 is 1.25 bits per heavy atom. The molecule has 84 valence electrons. The maximum atomic E-state index is 4.34. The molecule has 0 aliphatic heterocycles. The third kappa shape index (κ3) is 2.49. The van der Waals surface area contributed by atoms with E-state index in [0.29, 0.717) is 0 Å². The lowest BCUT2D eigenvalue weighted by Gasteiger charge is -2.06. The summed E-state index contributed by atoms with van der Waals surface area (Å²) in [7, 11) is 1.83. The summed E-state index contributed by atoms with van der Waals surface area (Å²) in [6.45, 7) is 2.90. The second-order valence-corrected chi connectivity index (χ2v) is 4.22. The lowest BCUT2D eigenvalue weighted by atomic mass is 10.2. The second kappa shape index (κ2) is 4.94. The second-order valence-electron chi connectivity index (χ2n) is 3.47. The summed E-state index contributed by atoms with van der Waals surface area (Å²) in [6, 6.07) is 0. The summed E-state index contributed by atoms with van der Waals surface area (Å²) in [5.74, 6) is 1.56. The van der Waals surface area contributed by atoms with Gasteiger partial charge in [0, 0.05) is 13.6 Å². The zero-order valence-electron chi connectivity index (χ0n) is 9.32. The molecule has 0 bridgehead atoms. The van der Waals surface area contributed by atoms with Gasteiger partial charge in [-0.2, -0.15) is 11.3 Å². The summed E-state index contributed by atoms with van der Waals surface area (Å²) in [5.41, 5.74) is 2.62. The van der Waals surface area contributed by atoms with E-state index in [1.165, 1.54) is 11.1 Å². The van der Waals surface area contributed by atoms with Crippen molar-refractivity contribution in [3.8, 4) is 0 Å². The molecule has 0 fully saturated rings. The molecule has 2 aromatic heterocycles. The van der Waals surface area contributed by atoms with E-state index in [0.717, 1.165) is 18.2 Å². The molecular weight excluding hydrogens is 220 g/mol. The van der Waals surface area contributed by atoms with Crippen LogP contribution in [0.3, 0.4) is 0 Å². The van der Waals surface area contributed by atoms with Gasteiger partial charge in [0.2, 0.25) is 0 Å². The molecule has 0 radical (unpaired) electrons. The number of rotatable bonds is 4. The Hall–Kier alpha value is -1.62. The van der Waals surface area contributed by atoms with E-state index in [1.807, 2.05) is 7.05 Å². The molecule has 0 aliphatic carbocycles. The molecule has 0 unspecified atom stereocenters. The highest BCUT2D eigenvalue weighted by Gasteiger charge is 2.00. The third-order valence-electron chi connectivity index (χ3n) is 2.31. The first-order valence-corrected chi connectivity index (χ1v) is 5.99. The number of hydrogen-bond acceptors (Lipinski definition) is 5. The maximum Gasteiger partial charge on any atom is 0.147 e. The highest BCUT2D eigenvalue weighted by molar-refractivity contribution is 7.08. The van der Waals surface area contributed by atoms with Crippen molar-refractivity contribution < 1.29 is 0 Å². The van der Waals surface area contributed by atoms with Gasteiger partial charge in [-0.15, -0.1) is 0 Å². The predicted molar refractivity (Wildman–Crippen MR) is 68.0 cm³/mol. The number of aromatic nitrogens is 2. The number of anilines is 2. The third-order valence-corrected chi connectivity index (χ3v) is 3.22. The monoisotopic (exact) mass is 234 g/mol. The average Bonchev–Trinajstić information content (AvgIpc) is 2.72. The van der Waals surface area contributed by atoms with Crippen LogP contribution in [-0.4, -0.2) is 17.0 Å². The van der Waals surface area contributed by atoms with Gasteiger partial charge in [0.15, 0.2) is 0 Å². The van der Waals surface area contributed by atoms with E-state index >= 15 is 0 Å². The topological polar surface area (TPSA) is 49.8 Å². The van der Waals surface area contributed by atoms with Crippen LogP contribution in [0.1, 0.15) is 11.1 Å². The standard InChI is InChI=1S/C11H14N4S/c1-8-6-16-7-9(8)3-14-11-5-13-4-10(12-2)15-11/h4-7H,3H2,1-2H3,(H2,12,14,15). The van der Waals surface area contributed by atoms with Crippen LogP contribution in [0.2, 0.25) is 0 Å². The SMILES string of the molecule is CNc1cncc(NCc2cscc2C)n1. The van der Waals surface area contributed by atoms with Crippen LogP contribution in [0, 0.1) is 6.92 Å². The minimum atomic E-state index is 0.770. The van der Waals surface area contributed by atoms with Gasteiger partial charge in [0.25, 0.3) is 0 Å². The smallest absolute Gasteiger partial charge is 0.147 e. The average molecular weight is 234 g/mol. The van der Waals surface area contributed by atoms with Crippen LogP contribution >= 0.6 is 11.3 Å². The molecular formula is C11H14N4S. The van der Waals surface area contributed by atoms with E-state index in [-0.39, 0.29) is 0 Å². The first kappa shape index (κ1) is 10.9. The van der Waals surface area contributed by atoms with Gasteiger partial charge in [-0.25, -0.2) is 4.98 Å². The van der Waals surface area contributed by atoms with Crippen molar-refractivity contribution in [1.82, 2.24) is 9.97 Å². The molecule has 0 aromatic carbocycles. The first-order valence-electron chi connectivity index (χ1n) is 5.05. The quantitative estimate of drug-likeness (QED) is 0.853. The van der Waals surface area contributed by atoms with Gasteiger partial charge in [-0.05, 0) is 28.8 Å². The van der Waals surface area contributed by atoms with Crippen molar-refractivity contribution in [3.63, 3.8) is 0 Å². The van der Waals surface area contributed by atoms with Crippen LogP contribution in [0.25, 0.3) is 0 Å². The number of aryl methyl sites for hydroxylation is 1. The number of nitrogens with one attached hydrogen (secondary N) is 2. The molecule has 0 spiro atoms. The van der Waals surface area contributed by atoms with Crippen molar-refractivity contribution in [1.29, 1.82) is 0 Å². The van der Waals surface area contributed by atoms with Crippen LogP contribution < -0.4 is 10.6 Å². The maximum absolute atomic E-state index is 4.34. The summed E-state index contributed by atoms with van der Waals surface area (Å²) in [5, 5.41) is 10.5. The molecule has 0 saturated heterocycles. The molecule has 5 heteroatoms. The predicted octanol–water partition coefficient (Wildman–Crippen LogP) is 2.50. The van der Waals surface area contributed by atoms with E-state index in [9.17, 15) is 0 Å². The van der Waals surface area contributed by atoms with Gasteiger partial charge >= 0.3 is 0 Å². The summed E-state index contributed by atoms with van der Waals surface area (Å²) >= 11 is 1.72. The minimum Gasteiger partial charge on any atom is -0.372 e. The van der Waals surface area contributed by atoms with E-state index in [2.05, 4.69) is 38.3 Å². The normalized spacial score (nSPS) is 10.1. The van der Waals surface area contributed by atoms with Crippen molar-refractivity contribution >= 4 is 23.0 Å². The Kier molecular flexibility index (Phi) is 3.36. The van der Waals surface area contributed by atoms with Crippen molar-refractivity contribution in [2.24, 2.45) is 0 Å². The summed E-state index contributed by atoms with van der Waals surface area (Å²) in [6.07, 6.45) is 3.42. The fourth-order valence-corrected chi connectivity index (χ4v) is 2.18.